The van der Waals surface area contributed by atoms with Gasteiger partial charge in [0.05, 0.1) is 15.6 Å². The minimum absolute atomic E-state index is 0.0116. The van der Waals surface area contributed by atoms with Crippen molar-refractivity contribution in [1.82, 2.24) is 4.72 Å². The Bertz CT molecular complexity index is 929. The van der Waals surface area contributed by atoms with Crippen LogP contribution in [0.25, 0.3) is 0 Å². The van der Waals surface area contributed by atoms with Crippen LogP contribution in [0.15, 0.2) is 47.4 Å². The molecule has 0 atom stereocenters. The van der Waals surface area contributed by atoms with Gasteiger partial charge in [-0.3, -0.25) is 4.79 Å². The number of nitrogens with one attached hydrogen (secondary N) is 1. The van der Waals surface area contributed by atoms with Gasteiger partial charge in [-0.2, -0.15) is 0 Å². The number of benzene rings is 2. The summed E-state index contributed by atoms with van der Waals surface area (Å²) in [4.78, 5) is 14.4. The predicted octanol–water partition coefficient (Wildman–Crippen LogP) is 4.10. The fourth-order valence-electron chi connectivity index (χ4n) is 2.58. The number of nitrogens with zero attached hydrogens (tertiary/aromatic N) is 1. The second-order valence-electron chi connectivity index (χ2n) is 6.04. The maximum atomic E-state index is 13.0. The van der Waals surface area contributed by atoms with E-state index in [0.29, 0.717) is 12.2 Å². The van der Waals surface area contributed by atoms with Crippen LogP contribution in [-0.2, 0) is 10.0 Å². The molecule has 138 valence electrons. The van der Waals surface area contributed by atoms with Gasteiger partial charge >= 0.3 is 0 Å². The molecular weight excluding hydrogens is 395 g/mol. The number of rotatable bonds is 6. The third-order valence-corrected chi connectivity index (χ3v) is 6.37. The molecule has 0 unspecified atom stereocenters. The van der Waals surface area contributed by atoms with Crippen molar-refractivity contribution in [2.75, 3.05) is 11.4 Å². The number of para-hydroxylation sites is 1. The molecule has 0 radical (unpaired) electrons. The lowest BCUT2D eigenvalue weighted by atomic mass is 10.1. The number of halogens is 2. The van der Waals surface area contributed by atoms with E-state index < -0.39 is 10.0 Å². The van der Waals surface area contributed by atoms with E-state index in [2.05, 4.69) is 4.72 Å². The number of amides is 1. The molecule has 0 aliphatic heterocycles. The fraction of sp³-hybridized carbons (Fsp3) is 0.278. The molecule has 0 bridgehead atoms. The molecule has 1 amide bonds. The van der Waals surface area contributed by atoms with Gasteiger partial charge in [-0.05, 0) is 44.0 Å². The highest BCUT2D eigenvalue weighted by Crippen LogP contribution is 2.32. The summed E-state index contributed by atoms with van der Waals surface area (Å²) in [7, 11) is -3.81. The van der Waals surface area contributed by atoms with Crippen molar-refractivity contribution in [3.63, 3.8) is 0 Å². The Morgan fingerprint density at radius 2 is 1.81 bits per heavy atom. The first kappa shape index (κ1) is 19.2. The first-order chi connectivity index (χ1) is 12.3. The minimum Gasteiger partial charge on any atom is -0.309 e. The Labute approximate surface area is 163 Å². The number of sulfonamides is 1. The van der Waals surface area contributed by atoms with Crippen LogP contribution < -0.4 is 9.62 Å². The maximum absolute atomic E-state index is 13.0. The van der Waals surface area contributed by atoms with Gasteiger partial charge in [0.25, 0.3) is 5.91 Å². The Morgan fingerprint density at radius 3 is 2.38 bits per heavy atom. The molecule has 8 heteroatoms. The van der Waals surface area contributed by atoms with Crippen LogP contribution in [0.3, 0.4) is 0 Å². The molecule has 26 heavy (non-hydrogen) atoms. The summed E-state index contributed by atoms with van der Waals surface area (Å²) in [5.41, 5.74) is 0.796. The number of anilines is 1. The number of hydrogen-bond donors (Lipinski definition) is 1. The zero-order chi connectivity index (χ0) is 18.9. The molecule has 0 heterocycles. The first-order valence-corrected chi connectivity index (χ1v) is 10.5. The third kappa shape index (κ3) is 4.04. The van der Waals surface area contributed by atoms with Crippen LogP contribution in [0, 0.1) is 0 Å². The molecule has 5 nitrogen and oxygen atoms in total. The van der Waals surface area contributed by atoms with Gasteiger partial charge in [0.2, 0.25) is 10.0 Å². The molecule has 0 spiro atoms. The maximum Gasteiger partial charge on any atom is 0.259 e. The van der Waals surface area contributed by atoms with Crippen LogP contribution in [0.4, 0.5) is 5.69 Å². The van der Waals surface area contributed by atoms with E-state index in [1.54, 1.807) is 12.1 Å². The summed E-state index contributed by atoms with van der Waals surface area (Å²) >= 11 is 12.3. The largest absolute Gasteiger partial charge is 0.309 e. The van der Waals surface area contributed by atoms with Gasteiger partial charge in [-0.15, -0.1) is 0 Å². The minimum atomic E-state index is -3.81. The summed E-state index contributed by atoms with van der Waals surface area (Å²) in [6.45, 7) is 2.24. The first-order valence-electron chi connectivity index (χ1n) is 8.21. The molecular formula is C18H18Cl2N2O3S. The van der Waals surface area contributed by atoms with Crippen LogP contribution in [0.5, 0.6) is 0 Å². The lowest BCUT2D eigenvalue weighted by Crippen LogP contribution is -2.31. The molecule has 2 aromatic carbocycles. The van der Waals surface area contributed by atoms with Gasteiger partial charge in [0.1, 0.15) is 4.90 Å². The lowest BCUT2D eigenvalue weighted by Gasteiger charge is -2.22. The van der Waals surface area contributed by atoms with Gasteiger partial charge in [0.15, 0.2) is 0 Å². The Hall–Kier alpha value is -1.60. The summed E-state index contributed by atoms with van der Waals surface area (Å²) in [5, 5.41) is 0.0993. The second-order valence-corrected chi connectivity index (χ2v) is 8.54. The normalized spacial score (nSPS) is 14.3. The summed E-state index contributed by atoms with van der Waals surface area (Å²) in [5.74, 6) is -0.386. The molecule has 0 aromatic heterocycles. The van der Waals surface area contributed by atoms with Crippen molar-refractivity contribution in [1.29, 1.82) is 0 Å². The van der Waals surface area contributed by atoms with Crippen LogP contribution in [-0.4, -0.2) is 26.9 Å². The van der Waals surface area contributed by atoms with Gasteiger partial charge in [0, 0.05) is 18.3 Å². The van der Waals surface area contributed by atoms with Crippen LogP contribution in [0.2, 0.25) is 10.0 Å². The van der Waals surface area contributed by atoms with Crippen LogP contribution >= 0.6 is 23.2 Å². The van der Waals surface area contributed by atoms with Gasteiger partial charge in [-0.1, -0.05) is 41.4 Å². The summed E-state index contributed by atoms with van der Waals surface area (Å²) < 4.78 is 27.6. The molecule has 2 aromatic rings. The Balaban J connectivity index is 2.01. The van der Waals surface area contributed by atoms with E-state index in [9.17, 15) is 13.2 Å². The quantitative estimate of drug-likeness (QED) is 0.776. The van der Waals surface area contributed by atoms with Crippen molar-refractivity contribution in [2.45, 2.75) is 30.7 Å². The zero-order valence-electron chi connectivity index (χ0n) is 14.1. The van der Waals surface area contributed by atoms with Crippen molar-refractivity contribution in [3.8, 4) is 0 Å². The lowest BCUT2D eigenvalue weighted by molar-refractivity contribution is 0.0988. The fourth-order valence-corrected chi connectivity index (χ4v) is 4.74. The van der Waals surface area contributed by atoms with E-state index in [1.807, 2.05) is 25.1 Å². The monoisotopic (exact) mass is 412 g/mol. The Morgan fingerprint density at radius 1 is 1.15 bits per heavy atom. The SMILES string of the molecule is CCN(C(=O)c1cc(S(=O)(=O)NC2CC2)c(Cl)cc1Cl)c1ccccc1. The molecule has 1 aliphatic carbocycles. The summed E-state index contributed by atoms with van der Waals surface area (Å²) in [6, 6.07) is 11.6. The molecule has 0 saturated heterocycles. The van der Waals surface area contributed by atoms with Crippen molar-refractivity contribution < 1.29 is 13.2 Å². The molecule has 1 aliphatic rings. The van der Waals surface area contributed by atoms with Crippen LogP contribution in [0.1, 0.15) is 30.1 Å². The highest BCUT2D eigenvalue weighted by atomic mass is 35.5. The zero-order valence-corrected chi connectivity index (χ0v) is 16.4. The molecule has 1 N–H and O–H groups in total. The molecule has 1 fully saturated rings. The topological polar surface area (TPSA) is 66.5 Å². The van der Waals surface area contributed by atoms with E-state index in [0.717, 1.165) is 12.8 Å². The smallest absolute Gasteiger partial charge is 0.259 e. The van der Waals surface area contributed by atoms with Gasteiger partial charge < -0.3 is 4.90 Å². The highest BCUT2D eigenvalue weighted by Gasteiger charge is 2.31. The number of carbonyl (C=O) groups is 1. The van der Waals surface area contributed by atoms with E-state index >= 15 is 0 Å². The number of carbonyl (C=O) groups excluding carboxylic acids is 1. The summed E-state index contributed by atoms with van der Waals surface area (Å²) in [6.07, 6.45) is 1.60. The van der Waals surface area contributed by atoms with Gasteiger partial charge in [-0.25, -0.2) is 13.1 Å². The average molecular weight is 413 g/mol. The van der Waals surface area contributed by atoms with E-state index in [-0.39, 0.29) is 32.5 Å². The average Bonchev–Trinajstić information content (AvgIpc) is 3.39. The van der Waals surface area contributed by atoms with E-state index in [1.165, 1.54) is 17.0 Å². The standard InChI is InChI=1S/C18H18Cl2N2O3S/c1-2-22(13-6-4-3-5-7-13)18(23)14-10-17(16(20)11-15(14)19)26(24,25)21-12-8-9-12/h3-7,10-12,21H,2,8-9H2,1H3. The van der Waals surface area contributed by atoms with E-state index in [4.69, 9.17) is 23.2 Å². The Kier molecular flexibility index (Phi) is 5.58. The number of hydrogen-bond acceptors (Lipinski definition) is 3. The second kappa shape index (κ2) is 7.56. The van der Waals surface area contributed by atoms with Crippen molar-refractivity contribution >= 4 is 44.8 Å². The molecule has 3 rings (SSSR count). The van der Waals surface area contributed by atoms with Crippen molar-refractivity contribution in [2.24, 2.45) is 0 Å². The third-order valence-electron chi connectivity index (χ3n) is 4.07. The highest BCUT2D eigenvalue weighted by molar-refractivity contribution is 7.89. The molecule has 1 saturated carbocycles. The predicted molar refractivity (Wildman–Crippen MR) is 104 cm³/mol. The van der Waals surface area contributed by atoms with Crippen molar-refractivity contribution in [3.05, 3.63) is 58.1 Å².